The smallest absolute Gasteiger partial charge is 0.250 e. The van der Waals surface area contributed by atoms with Gasteiger partial charge in [0, 0.05) is 33.3 Å². The number of unbranched alkanes of at least 4 members (excludes halogenated alkanes) is 1. The van der Waals surface area contributed by atoms with Crippen LogP contribution in [-0.2, 0) is 25.8 Å². The summed E-state index contributed by atoms with van der Waals surface area (Å²) in [5.74, 6) is -2.28. The highest BCUT2D eigenvalue weighted by atomic mass is 16.5. The van der Waals surface area contributed by atoms with Crippen molar-refractivity contribution in [2.45, 2.75) is 57.0 Å². The summed E-state index contributed by atoms with van der Waals surface area (Å²) in [5, 5.41) is 17.9. The molecule has 0 radical (unpaired) electrons. The molecule has 1 aromatic heterocycles. The predicted octanol–water partition coefficient (Wildman–Crippen LogP) is 1.83. The Hall–Kier alpha value is -3.57. The summed E-state index contributed by atoms with van der Waals surface area (Å²) in [6.07, 6.45) is 4.79. The first kappa shape index (κ1) is 28.9. The molecular formula is C30H40N6O5. The Kier molecular flexibility index (Phi) is 7.78. The number of aliphatic hydroxyl groups excluding tert-OH is 1. The number of ether oxygens (including phenoxy) is 1. The Morgan fingerprint density at radius 2 is 1.93 bits per heavy atom. The van der Waals surface area contributed by atoms with Crippen LogP contribution in [0.3, 0.4) is 0 Å². The third kappa shape index (κ3) is 4.46. The topological polar surface area (TPSA) is 121 Å². The van der Waals surface area contributed by atoms with Crippen LogP contribution < -0.4 is 0 Å². The molecule has 2 aromatic rings. The van der Waals surface area contributed by atoms with E-state index in [-0.39, 0.29) is 50.0 Å². The SMILES string of the molecule is C=CCN(C)C(=O)[C@H]1[C@H]2C(=O)N(CCCCO)C(C(=O)N(CC=C)Cn3nnc4ccccc43)C23CC(C)[C@]1(C)O3. The molecule has 3 aliphatic heterocycles. The molecule has 2 bridgehead atoms. The van der Waals surface area contributed by atoms with Gasteiger partial charge in [-0.3, -0.25) is 14.4 Å². The van der Waals surface area contributed by atoms with Gasteiger partial charge < -0.3 is 24.5 Å². The van der Waals surface area contributed by atoms with Crippen molar-refractivity contribution in [2.75, 3.05) is 33.3 Å². The minimum atomic E-state index is -1.15. The van der Waals surface area contributed by atoms with Crippen molar-refractivity contribution in [1.82, 2.24) is 29.7 Å². The highest BCUT2D eigenvalue weighted by molar-refractivity contribution is 5.99. The highest BCUT2D eigenvalue weighted by Gasteiger charge is 2.80. The van der Waals surface area contributed by atoms with E-state index in [9.17, 15) is 19.5 Å². The van der Waals surface area contributed by atoms with E-state index >= 15 is 0 Å². The molecule has 0 saturated carbocycles. The first-order valence-electron chi connectivity index (χ1n) is 14.3. The first-order valence-corrected chi connectivity index (χ1v) is 14.3. The summed E-state index contributed by atoms with van der Waals surface area (Å²) < 4.78 is 8.49. The molecule has 1 spiro atoms. The number of carbonyl (C=O) groups excluding carboxylic acids is 3. The normalized spacial score (nSPS) is 30.0. The molecule has 3 fully saturated rings. The summed E-state index contributed by atoms with van der Waals surface area (Å²) in [6, 6.07) is 6.58. The Morgan fingerprint density at radius 3 is 2.63 bits per heavy atom. The molecule has 5 rings (SSSR count). The van der Waals surface area contributed by atoms with Crippen LogP contribution in [0.5, 0.6) is 0 Å². The van der Waals surface area contributed by atoms with Crippen LogP contribution >= 0.6 is 0 Å². The van der Waals surface area contributed by atoms with Crippen molar-refractivity contribution in [2.24, 2.45) is 17.8 Å². The number of nitrogens with zero attached hydrogens (tertiary/aromatic N) is 6. The van der Waals surface area contributed by atoms with E-state index in [1.165, 1.54) is 0 Å². The molecule has 3 unspecified atom stereocenters. The molecule has 220 valence electrons. The Labute approximate surface area is 240 Å². The second kappa shape index (κ2) is 11.0. The lowest BCUT2D eigenvalue weighted by atomic mass is 9.62. The maximum Gasteiger partial charge on any atom is 0.250 e. The molecule has 4 heterocycles. The van der Waals surface area contributed by atoms with Crippen molar-refractivity contribution in [3.05, 3.63) is 49.6 Å². The number of hydrogen-bond donors (Lipinski definition) is 1. The molecule has 11 nitrogen and oxygen atoms in total. The summed E-state index contributed by atoms with van der Waals surface area (Å²) in [6.45, 7) is 12.5. The minimum Gasteiger partial charge on any atom is -0.396 e. The fourth-order valence-electron chi connectivity index (χ4n) is 7.28. The summed E-state index contributed by atoms with van der Waals surface area (Å²) in [4.78, 5) is 47.5. The molecule has 6 atom stereocenters. The number of aliphatic hydroxyl groups is 1. The lowest BCUT2D eigenvalue weighted by Gasteiger charge is -2.38. The summed E-state index contributed by atoms with van der Waals surface area (Å²) in [7, 11) is 1.70. The van der Waals surface area contributed by atoms with E-state index in [1.807, 2.05) is 38.1 Å². The van der Waals surface area contributed by atoms with Crippen LogP contribution in [-0.4, -0.2) is 103 Å². The van der Waals surface area contributed by atoms with Crippen molar-refractivity contribution in [3.63, 3.8) is 0 Å². The van der Waals surface area contributed by atoms with Gasteiger partial charge in [-0.25, -0.2) is 4.68 Å². The number of likely N-dealkylation sites (N-methyl/N-ethyl adjacent to an activating group) is 1. The lowest BCUT2D eigenvalue weighted by molar-refractivity contribution is -0.155. The zero-order chi connectivity index (χ0) is 29.5. The van der Waals surface area contributed by atoms with Crippen molar-refractivity contribution < 1.29 is 24.2 Å². The van der Waals surface area contributed by atoms with Crippen molar-refractivity contribution >= 4 is 28.8 Å². The minimum absolute atomic E-state index is 0.0176. The fourth-order valence-corrected chi connectivity index (χ4v) is 7.28. The van der Waals surface area contributed by atoms with Crippen LogP contribution in [0.25, 0.3) is 11.0 Å². The van der Waals surface area contributed by atoms with Crippen LogP contribution in [0.15, 0.2) is 49.6 Å². The maximum absolute atomic E-state index is 14.6. The van der Waals surface area contributed by atoms with Gasteiger partial charge in [-0.2, -0.15) is 0 Å². The molecule has 41 heavy (non-hydrogen) atoms. The van der Waals surface area contributed by atoms with Gasteiger partial charge in [0.2, 0.25) is 17.7 Å². The Bertz CT molecular complexity index is 1360. The number of amides is 3. The van der Waals surface area contributed by atoms with Crippen LogP contribution in [0.4, 0.5) is 0 Å². The van der Waals surface area contributed by atoms with Gasteiger partial charge in [0.1, 0.15) is 23.8 Å². The Balaban J connectivity index is 1.56. The zero-order valence-electron chi connectivity index (χ0n) is 24.1. The van der Waals surface area contributed by atoms with Crippen molar-refractivity contribution in [1.29, 1.82) is 0 Å². The number of para-hydroxylation sites is 1. The third-order valence-corrected chi connectivity index (χ3v) is 9.29. The van der Waals surface area contributed by atoms with Gasteiger partial charge in [-0.05, 0) is 44.2 Å². The Morgan fingerprint density at radius 1 is 1.20 bits per heavy atom. The van der Waals surface area contributed by atoms with Crippen LogP contribution in [0, 0.1) is 17.8 Å². The standard InChI is InChI=1S/C30H40N6O5/c1-6-14-33(5)26(38)23-24-27(39)35(16-10-11-17-37)25(30(24)18-20(3)29(23,4)41-30)28(40)34(15-7-2)19-36-22-13-9-8-12-21(22)31-32-36/h6-9,12-13,20,23-25,37H,1-2,10-11,14-19H2,3-5H3/t20?,23-,24+,25?,29+,30?/m1/s1. The number of aromatic nitrogens is 3. The second-order valence-electron chi connectivity index (χ2n) is 11.7. The summed E-state index contributed by atoms with van der Waals surface area (Å²) >= 11 is 0. The van der Waals surface area contributed by atoms with E-state index in [1.54, 1.807) is 38.6 Å². The van der Waals surface area contributed by atoms with Crippen LogP contribution in [0.1, 0.15) is 33.1 Å². The maximum atomic E-state index is 14.6. The molecule has 3 amide bonds. The monoisotopic (exact) mass is 564 g/mol. The predicted molar refractivity (Wildman–Crippen MR) is 152 cm³/mol. The van der Waals surface area contributed by atoms with Crippen LogP contribution in [0.2, 0.25) is 0 Å². The van der Waals surface area contributed by atoms with Gasteiger partial charge in [-0.1, -0.05) is 36.4 Å². The number of fused-ring (bicyclic) bond motifs is 2. The van der Waals surface area contributed by atoms with Gasteiger partial charge in [-0.15, -0.1) is 18.3 Å². The van der Waals surface area contributed by atoms with E-state index in [4.69, 9.17) is 4.74 Å². The third-order valence-electron chi connectivity index (χ3n) is 9.29. The fraction of sp³-hybridized carbons (Fsp3) is 0.567. The van der Waals surface area contributed by atoms with Gasteiger partial charge in [0.25, 0.3) is 0 Å². The lowest BCUT2D eigenvalue weighted by Crippen LogP contribution is -2.57. The molecule has 0 aliphatic carbocycles. The number of benzene rings is 1. The average molecular weight is 565 g/mol. The van der Waals surface area contributed by atoms with Gasteiger partial charge in [0.05, 0.1) is 23.0 Å². The number of carbonyl (C=O) groups is 3. The van der Waals surface area contributed by atoms with Gasteiger partial charge >= 0.3 is 0 Å². The van der Waals surface area contributed by atoms with E-state index in [0.29, 0.717) is 31.3 Å². The van der Waals surface area contributed by atoms with Crippen molar-refractivity contribution in [3.8, 4) is 0 Å². The zero-order valence-corrected chi connectivity index (χ0v) is 24.1. The largest absolute Gasteiger partial charge is 0.396 e. The summed E-state index contributed by atoms with van der Waals surface area (Å²) in [5.41, 5.74) is -0.555. The molecule has 3 saturated heterocycles. The molecular weight excluding hydrogens is 524 g/mol. The number of rotatable bonds is 12. The quantitative estimate of drug-likeness (QED) is 0.308. The molecule has 3 aliphatic rings. The van der Waals surface area contributed by atoms with E-state index in [0.717, 1.165) is 5.52 Å². The second-order valence-corrected chi connectivity index (χ2v) is 11.7. The molecule has 11 heteroatoms. The van der Waals surface area contributed by atoms with Gasteiger partial charge in [0.15, 0.2) is 0 Å². The average Bonchev–Trinajstić information content (AvgIpc) is 3.62. The number of likely N-dealkylation sites (tertiary alicyclic amines) is 1. The first-order chi connectivity index (χ1) is 19.6. The molecule has 1 N–H and O–H groups in total. The van der Waals surface area contributed by atoms with E-state index in [2.05, 4.69) is 23.5 Å². The number of hydrogen-bond acceptors (Lipinski definition) is 7. The van der Waals surface area contributed by atoms with E-state index < -0.39 is 29.1 Å². The molecule has 1 aromatic carbocycles. The highest BCUT2D eigenvalue weighted by Crippen LogP contribution is 2.65.